The van der Waals surface area contributed by atoms with E-state index in [1.807, 2.05) is 18.3 Å². The third kappa shape index (κ3) is 1.65. The fraction of sp³-hybridized carbons (Fsp3) is 0.200. The first kappa shape index (κ1) is 8.90. The van der Waals surface area contributed by atoms with Crippen molar-refractivity contribution in [2.24, 2.45) is 5.73 Å². The number of rotatable bonds is 3. The maximum atomic E-state index is 5.50. The fourth-order valence-corrected chi connectivity index (χ4v) is 1.39. The minimum atomic E-state index is 0.590. The lowest BCUT2D eigenvalue weighted by Crippen LogP contribution is -2.06. The van der Waals surface area contributed by atoms with Crippen molar-refractivity contribution >= 4 is 0 Å². The first-order valence-electron chi connectivity index (χ1n) is 4.55. The molecule has 0 aromatic carbocycles. The first-order chi connectivity index (χ1) is 6.92. The van der Waals surface area contributed by atoms with Crippen LogP contribution < -0.4 is 5.73 Å². The fourth-order valence-electron chi connectivity index (χ4n) is 1.39. The molecule has 0 saturated heterocycles. The molecular weight excluding hydrogens is 176 g/mol. The molecule has 0 unspecified atom stereocenters. The number of aromatic nitrogens is 3. The number of nitrogens with zero attached hydrogens (tertiary/aromatic N) is 2. The summed E-state index contributed by atoms with van der Waals surface area (Å²) in [5.74, 6) is 0. The minimum Gasteiger partial charge on any atom is -0.360 e. The lowest BCUT2D eigenvalue weighted by molar-refractivity contribution is 0.910. The Labute approximate surface area is 82.2 Å². The predicted molar refractivity (Wildman–Crippen MR) is 54.6 cm³/mol. The number of nitrogens with one attached hydrogen (secondary N) is 1. The van der Waals surface area contributed by atoms with E-state index < -0.39 is 0 Å². The van der Waals surface area contributed by atoms with Crippen molar-refractivity contribution < 1.29 is 0 Å². The number of hydrogen-bond donors (Lipinski definition) is 2. The van der Waals surface area contributed by atoms with Crippen molar-refractivity contribution in [1.82, 2.24) is 15.0 Å². The van der Waals surface area contributed by atoms with Gasteiger partial charge in [0, 0.05) is 25.0 Å². The molecule has 0 aliphatic carbocycles. The van der Waals surface area contributed by atoms with Gasteiger partial charge < -0.3 is 10.7 Å². The summed E-state index contributed by atoms with van der Waals surface area (Å²) in [6, 6.07) is 3.92. The molecule has 0 atom stereocenters. The van der Waals surface area contributed by atoms with Gasteiger partial charge in [-0.2, -0.15) is 0 Å². The topological polar surface area (TPSA) is 67.6 Å². The van der Waals surface area contributed by atoms with Gasteiger partial charge in [-0.25, -0.2) is 0 Å². The molecule has 2 aromatic rings. The molecular formula is C10H12N4. The molecule has 4 nitrogen and oxygen atoms in total. The summed E-state index contributed by atoms with van der Waals surface area (Å²) in [6.07, 6.45) is 6.01. The normalized spacial score (nSPS) is 10.4. The van der Waals surface area contributed by atoms with Crippen LogP contribution >= 0.6 is 0 Å². The Balaban J connectivity index is 2.42. The number of H-pyrrole nitrogens is 1. The minimum absolute atomic E-state index is 0.590. The summed E-state index contributed by atoms with van der Waals surface area (Å²) in [4.78, 5) is 11.7. The second-order valence-electron chi connectivity index (χ2n) is 2.97. The maximum Gasteiger partial charge on any atom is 0.108 e. The zero-order valence-electron chi connectivity index (χ0n) is 7.77. The smallest absolute Gasteiger partial charge is 0.108 e. The Hall–Kier alpha value is -1.68. The highest BCUT2D eigenvalue weighted by Gasteiger charge is 2.06. The molecule has 0 radical (unpaired) electrons. The molecule has 2 rings (SSSR count). The van der Waals surface area contributed by atoms with Gasteiger partial charge in [0.15, 0.2) is 0 Å². The van der Waals surface area contributed by atoms with Crippen molar-refractivity contribution in [3.05, 3.63) is 36.4 Å². The predicted octanol–water partition coefficient (Wildman–Crippen LogP) is 0.973. The van der Waals surface area contributed by atoms with Crippen molar-refractivity contribution in [2.75, 3.05) is 6.54 Å². The molecule has 0 saturated carbocycles. The van der Waals surface area contributed by atoms with Crippen LogP contribution in [0.2, 0.25) is 0 Å². The Morgan fingerprint density at radius 3 is 2.86 bits per heavy atom. The van der Waals surface area contributed by atoms with E-state index in [0.717, 1.165) is 23.5 Å². The number of aromatic amines is 1. The van der Waals surface area contributed by atoms with E-state index in [-0.39, 0.29) is 0 Å². The zero-order valence-corrected chi connectivity index (χ0v) is 7.77. The van der Waals surface area contributed by atoms with Crippen molar-refractivity contribution in [2.45, 2.75) is 6.42 Å². The highest BCUT2D eigenvalue weighted by molar-refractivity contribution is 5.56. The third-order valence-electron chi connectivity index (χ3n) is 2.01. The lowest BCUT2D eigenvalue weighted by Gasteiger charge is -2.03. The van der Waals surface area contributed by atoms with Crippen molar-refractivity contribution in [3.8, 4) is 11.4 Å². The van der Waals surface area contributed by atoms with Gasteiger partial charge >= 0.3 is 0 Å². The molecule has 0 fully saturated rings. The average molecular weight is 188 g/mol. The van der Waals surface area contributed by atoms with Gasteiger partial charge in [0.05, 0.1) is 11.4 Å². The summed E-state index contributed by atoms with van der Waals surface area (Å²) >= 11 is 0. The van der Waals surface area contributed by atoms with E-state index in [1.165, 1.54) is 0 Å². The highest BCUT2D eigenvalue weighted by Crippen LogP contribution is 2.16. The van der Waals surface area contributed by atoms with Gasteiger partial charge in [-0.15, -0.1) is 0 Å². The summed E-state index contributed by atoms with van der Waals surface area (Å²) in [5.41, 5.74) is 8.33. The summed E-state index contributed by atoms with van der Waals surface area (Å²) in [6.45, 7) is 0.590. The SMILES string of the molecule is NCCc1nccnc1-c1ccc[nH]1. The van der Waals surface area contributed by atoms with Crippen LogP contribution in [0.3, 0.4) is 0 Å². The van der Waals surface area contributed by atoms with Crippen LogP contribution in [-0.2, 0) is 6.42 Å². The van der Waals surface area contributed by atoms with Gasteiger partial charge in [0.25, 0.3) is 0 Å². The number of nitrogens with two attached hydrogens (primary N) is 1. The van der Waals surface area contributed by atoms with E-state index >= 15 is 0 Å². The quantitative estimate of drug-likeness (QED) is 0.754. The largest absolute Gasteiger partial charge is 0.360 e. The van der Waals surface area contributed by atoms with Crippen molar-refractivity contribution in [3.63, 3.8) is 0 Å². The molecule has 14 heavy (non-hydrogen) atoms. The Morgan fingerprint density at radius 1 is 1.29 bits per heavy atom. The van der Waals surface area contributed by atoms with Crippen LogP contribution in [0, 0.1) is 0 Å². The van der Waals surface area contributed by atoms with Crippen LogP contribution in [0.15, 0.2) is 30.7 Å². The van der Waals surface area contributed by atoms with Gasteiger partial charge in [-0.3, -0.25) is 9.97 Å². The lowest BCUT2D eigenvalue weighted by atomic mass is 10.2. The standard InChI is InChI=1S/C10H12N4/c11-4-3-9-10(14-7-6-13-9)8-2-1-5-12-8/h1-2,5-7,12H,3-4,11H2. The van der Waals surface area contributed by atoms with Crippen LogP contribution in [0.25, 0.3) is 11.4 Å². The van der Waals surface area contributed by atoms with E-state index in [9.17, 15) is 0 Å². The molecule has 72 valence electrons. The van der Waals surface area contributed by atoms with E-state index in [2.05, 4.69) is 15.0 Å². The molecule has 0 spiro atoms. The first-order valence-corrected chi connectivity index (χ1v) is 4.55. The van der Waals surface area contributed by atoms with Crippen LogP contribution in [-0.4, -0.2) is 21.5 Å². The molecule has 3 N–H and O–H groups in total. The van der Waals surface area contributed by atoms with Gasteiger partial charge in [-0.1, -0.05) is 0 Å². The van der Waals surface area contributed by atoms with Crippen LogP contribution in [0.1, 0.15) is 5.69 Å². The second-order valence-corrected chi connectivity index (χ2v) is 2.97. The van der Waals surface area contributed by atoms with E-state index in [4.69, 9.17) is 5.73 Å². The average Bonchev–Trinajstić information content (AvgIpc) is 2.72. The zero-order chi connectivity index (χ0) is 9.80. The summed E-state index contributed by atoms with van der Waals surface area (Å²) in [5, 5.41) is 0. The molecule has 0 aliphatic heterocycles. The molecule has 2 heterocycles. The molecule has 0 aliphatic rings. The second kappa shape index (κ2) is 4.02. The molecule has 2 aromatic heterocycles. The third-order valence-corrected chi connectivity index (χ3v) is 2.01. The Bertz CT molecular complexity index is 394. The van der Waals surface area contributed by atoms with E-state index in [1.54, 1.807) is 12.4 Å². The van der Waals surface area contributed by atoms with Crippen molar-refractivity contribution in [1.29, 1.82) is 0 Å². The summed E-state index contributed by atoms with van der Waals surface area (Å²) < 4.78 is 0. The number of hydrogen-bond acceptors (Lipinski definition) is 3. The van der Waals surface area contributed by atoms with Gasteiger partial charge in [-0.05, 0) is 18.7 Å². The highest BCUT2D eigenvalue weighted by atomic mass is 14.8. The molecule has 4 heteroatoms. The van der Waals surface area contributed by atoms with Crippen LogP contribution in [0.4, 0.5) is 0 Å². The monoisotopic (exact) mass is 188 g/mol. The maximum absolute atomic E-state index is 5.50. The van der Waals surface area contributed by atoms with Crippen LogP contribution in [0.5, 0.6) is 0 Å². The molecule has 0 amide bonds. The van der Waals surface area contributed by atoms with Gasteiger partial charge in [0.1, 0.15) is 5.69 Å². The Morgan fingerprint density at radius 2 is 2.14 bits per heavy atom. The van der Waals surface area contributed by atoms with Gasteiger partial charge in [0.2, 0.25) is 0 Å². The van der Waals surface area contributed by atoms with E-state index in [0.29, 0.717) is 6.54 Å². The molecule has 0 bridgehead atoms. The Kier molecular flexibility index (Phi) is 2.55. The summed E-state index contributed by atoms with van der Waals surface area (Å²) in [7, 11) is 0.